The van der Waals surface area contributed by atoms with Crippen molar-refractivity contribution in [1.82, 2.24) is 19.7 Å². The van der Waals surface area contributed by atoms with Gasteiger partial charge in [-0.2, -0.15) is 0 Å². The summed E-state index contributed by atoms with van der Waals surface area (Å²) in [7, 11) is -3.68. The van der Waals surface area contributed by atoms with Gasteiger partial charge in [-0.3, -0.25) is 4.68 Å². The van der Waals surface area contributed by atoms with Gasteiger partial charge in [0.1, 0.15) is 4.90 Å². The highest BCUT2D eigenvalue weighted by molar-refractivity contribution is 7.89. The van der Waals surface area contributed by atoms with Crippen LogP contribution in [0.3, 0.4) is 0 Å². The minimum Gasteiger partial charge on any atom is -0.251 e. The Kier molecular flexibility index (Phi) is 4.97. The first-order valence-corrected chi connectivity index (χ1v) is 8.37. The fourth-order valence-electron chi connectivity index (χ4n) is 1.84. The molecule has 114 valence electrons. The Morgan fingerprint density at radius 1 is 1.33 bits per heavy atom. The van der Waals surface area contributed by atoms with Crippen LogP contribution in [0.1, 0.15) is 13.8 Å². The Morgan fingerprint density at radius 3 is 2.62 bits per heavy atom. The van der Waals surface area contributed by atoms with Crippen molar-refractivity contribution >= 4 is 21.6 Å². The number of nitrogens with zero attached hydrogens (tertiary/aromatic N) is 3. The van der Waals surface area contributed by atoms with Gasteiger partial charge in [0.05, 0.1) is 17.8 Å². The smallest absolute Gasteiger partial charge is 0.242 e. The van der Waals surface area contributed by atoms with E-state index in [0.717, 1.165) is 0 Å². The lowest BCUT2D eigenvalue weighted by Crippen LogP contribution is -2.41. The van der Waals surface area contributed by atoms with Crippen LogP contribution in [0.15, 0.2) is 41.6 Å². The molecule has 8 heteroatoms. The Labute approximate surface area is 129 Å². The van der Waals surface area contributed by atoms with Crippen molar-refractivity contribution in [3.8, 4) is 0 Å². The summed E-state index contributed by atoms with van der Waals surface area (Å²) in [6.07, 6.45) is 3.25. The van der Waals surface area contributed by atoms with Crippen molar-refractivity contribution in [2.45, 2.75) is 31.3 Å². The van der Waals surface area contributed by atoms with E-state index in [1.54, 1.807) is 35.3 Å². The molecule has 0 aliphatic rings. The van der Waals surface area contributed by atoms with Crippen molar-refractivity contribution in [2.75, 3.05) is 0 Å². The lowest BCUT2D eigenvalue weighted by Gasteiger charge is -2.22. The second-order valence-electron chi connectivity index (χ2n) is 5.03. The van der Waals surface area contributed by atoms with Crippen LogP contribution in [0.25, 0.3) is 0 Å². The van der Waals surface area contributed by atoms with Crippen LogP contribution in [-0.4, -0.2) is 29.5 Å². The normalized spacial score (nSPS) is 13.5. The molecular formula is C13H17ClN4O2S. The van der Waals surface area contributed by atoms with E-state index in [1.807, 2.05) is 13.8 Å². The van der Waals surface area contributed by atoms with Crippen LogP contribution in [0.4, 0.5) is 0 Å². The molecule has 0 amide bonds. The number of benzene rings is 1. The molecule has 2 rings (SSSR count). The second-order valence-corrected chi connectivity index (χ2v) is 7.12. The van der Waals surface area contributed by atoms with E-state index in [0.29, 0.717) is 6.54 Å². The molecule has 0 saturated carbocycles. The number of rotatable bonds is 6. The summed E-state index contributed by atoms with van der Waals surface area (Å²) in [5.41, 5.74) is 0. The van der Waals surface area contributed by atoms with E-state index in [-0.39, 0.29) is 21.9 Å². The summed E-state index contributed by atoms with van der Waals surface area (Å²) in [5.74, 6) is 0.0893. The molecule has 0 aliphatic heterocycles. The van der Waals surface area contributed by atoms with Crippen molar-refractivity contribution in [3.63, 3.8) is 0 Å². The molecule has 0 bridgehead atoms. The Bertz CT molecular complexity index is 686. The van der Waals surface area contributed by atoms with Crippen LogP contribution < -0.4 is 4.72 Å². The van der Waals surface area contributed by atoms with E-state index in [9.17, 15) is 8.42 Å². The standard InChI is InChI=1S/C13H17ClN4O2S/c1-10(2)12(9-18-8-7-15-17-18)16-21(19,20)13-6-4-3-5-11(13)14/h3-8,10,12,16H,9H2,1-2H3. The van der Waals surface area contributed by atoms with Gasteiger partial charge in [-0.1, -0.05) is 42.8 Å². The third-order valence-corrected chi connectivity index (χ3v) is 5.08. The minimum atomic E-state index is -3.68. The molecule has 2 aromatic rings. The number of halogens is 1. The third kappa shape index (κ3) is 4.03. The predicted molar refractivity (Wildman–Crippen MR) is 80.4 cm³/mol. The van der Waals surface area contributed by atoms with Gasteiger partial charge >= 0.3 is 0 Å². The van der Waals surface area contributed by atoms with E-state index < -0.39 is 10.0 Å². The number of aromatic nitrogens is 3. The quantitative estimate of drug-likeness (QED) is 0.879. The maximum atomic E-state index is 12.5. The maximum absolute atomic E-state index is 12.5. The molecule has 0 aliphatic carbocycles. The maximum Gasteiger partial charge on any atom is 0.242 e. The molecule has 0 spiro atoms. The van der Waals surface area contributed by atoms with Crippen LogP contribution in [0, 0.1) is 5.92 Å². The van der Waals surface area contributed by atoms with Gasteiger partial charge in [0, 0.05) is 12.2 Å². The van der Waals surface area contributed by atoms with Gasteiger partial charge in [-0.25, -0.2) is 13.1 Å². The van der Waals surface area contributed by atoms with Gasteiger partial charge < -0.3 is 0 Å². The van der Waals surface area contributed by atoms with E-state index >= 15 is 0 Å². The third-order valence-electron chi connectivity index (χ3n) is 3.09. The molecule has 1 heterocycles. The lowest BCUT2D eigenvalue weighted by molar-refractivity contribution is 0.378. The summed E-state index contributed by atoms with van der Waals surface area (Å²) < 4.78 is 29.2. The molecule has 1 unspecified atom stereocenters. The van der Waals surface area contributed by atoms with E-state index in [1.165, 1.54) is 6.07 Å². The zero-order chi connectivity index (χ0) is 15.5. The monoisotopic (exact) mass is 328 g/mol. The van der Waals surface area contributed by atoms with Crippen LogP contribution in [0.2, 0.25) is 5.02 Å². The van der Waals surface area contributed by atoms with Crippen molar-refractivity contribution in [2.24, 2.45) is 5.92 Å². The summed E-state index contributed by atoms with van der Waals surface area (Å²) in [6, 6.07) is 6.06. The topological polar surface area (TPSA) is 76.9 Å². The first-order chi connectivity index (χ1) is 9.90. The molecule has 6 nitrogen and oxygen atoms in total. The van der Waals surface area contributed by atoms with Crippen LogP contribution in [-0.2, 0) is 16.6 Å². The zero-order valence-corrected chi connectivity index (χ0v) is 13.3. The average Bonchev–Trinajstić information content (AvgIpc) is 2.91. The number of sulfonamides is 1. The lowest BCUT2D eigenvalue weighted by atomic mass is 10.1. The Balaban J connectivity index is 2.22. The van der Waals surface area contributed by atoms with E-state index in [2.05, 4.69) is 15.0 Å². The first-order valence-electron chi connectivity index (χ1n) is 6.51. The summed E-state index contributed by atoms with van der Waals surface area (Å²) in [5, 5.41) is 7.78. The van der Waals surface area contributed by atoms with Crippen LogP contribution in [0.5, 0.6) is 0 Å². The summed E-state index contributed by atoms with van der Waals surface area (Å²) in [4.78, 5) is 0.0795. The fraction of sp³-hybridized carbons (Fsp3) is 0.385. The van der Waals surface area contributed by atoms with Gasteiger partial charge in [-0.15, -0.1) is 5.10 Å². The average molecular weight is 329 g/mol. The Morgan fingerprint density at radius 2 is 2.05 bits per heavy atom. The molecule has 1 atom stereocenters. The molecule has 0 saturated heterocycles. The number of hydrogen-bond donors (Lipinski definition) is 1. The highest BCUT2D eigenvalue weighted by atomic mass is 35.5. The van der Waals surface area contributed by atoms with Gasteiger partial charge in [-0.05, 0) is 18.1 Å². The second kappa shape index (κ2) is 6.55. The Hall–Kier alpha value is -1.44. The SMILES string of the molecule is CC(C)C(Cn1ccnn1)NS(=O)(=O)c1ccccc1Cl. The largest absolute Gasteiger partial charge is 0.251 e. The predicted octanol–water partition coefficient (Wildman–Crippen LogP) is 1.93. The zero-order valence-electron chi connectivity index (χ0n) is 11.8. The molecule has 1 N–H and O–H groups in total. The highest BCUT2D eigenvalue weighted by Crippen LogP contribution is 2.21. The van der Waals surface area contributed by atoms with Gasteiger partial charge in [0.15, 0.2) is 0 Å². The highest BCUT2D eigenvalue weighted by Gasteiger charge is 2.24. The van der Waals surface area contributed by atoms with Gasteiger partial charge in [0.25, 0.3) is 0 Å². The molecule has 1 aromatic carbocycles. The molecule has 0 fully saturated rings. The van der Waals surface area contributed by atoms with Crippen molar-refractivity contribution < 1.29 is 8.42 Å². The summed E-state index contributed by atoms with van der Waals surface area (Å²) >= 11 is 5.97. The minimum absolute atomic E-state index is 0.0795. The first kappa shape index (κ1) is 15.9. The molecule has 0 radical (unpaired) electrons. The molecule has 1 aromatic heterocycles. The van der Waals surface area contributed by atoms with Crippen molar-refractivity contribution in [1.29, 1.82) is 0 Å². The molecular weight excluding hydrogens is 312 g/mol. The van der Waals surface area contributed by atoms with Crippen LogP contribution >= 0.6 is 11.6 Å². The van der Waals surface area contributed by atoms with Crippen molar-refractivity contribution in [3.05, 3.63) is 41.7 Å². The summed E-state index contributed by atoms with van der Waals surface area (Å²) in [6.45, 7) is 4.29. The number of nitrogens with one attached hydrogen (secondary N) is 1. The fourth-order valence-corrected chi connectivity index (χ4v) is 3.74. The molecule has 21 heavy (non-hydrogen) atoms. The number of hydrogen-bond acceptors (Lipinski definition) is 4. The van der Waals surface area contributed by atoms with E-state index in [4.69, 9.17) is 11.6 Å². The van der Waals surface area contributed by atoms with Gasteiger partial charge in [0.2, 0.25) is 10.0 Å².